The van der Waals surface area contributed by atoms with E-state index in [-0.39, 0.29) is 0 Å². The van der Waals surface area contributed by atoms with Gasteiger partial charge in [0.15, 0.2) is 0 Å². The van der Waals surface area contributed by atoms with Gasteiger partial charge in [-0.05, 0) is 24.1 Å². The van der Waals surface area contributed by atoms with Gasteiger partial charge in [0.2, 0.25) is 0 Å². The number of hydrogen-bond donors (Lipinski definition) is 1. The second-order valence-electron chi connectivity index (χ2n) is 4.42. The van der Waals surface area contributed by atoms with Crippen LogP contribution in [0.1, 0.15) is 11.3 Å². The molecular weight excluding hydrogens is 254 g/mol. The smallest absolute Gasteiger partial charge is 0.122 e. The molecule has 0 fully saturated rings. The summed E-state index contributed by atoms with van der Waals surface area (Å²) in [5.41, 5.74) is 8.59. The number of nitrogens with zero attached hydrogens (tertiary/aromatic N) is 2. The summed E-state index contributed by atoms with van der Waals surface area (Å²) in [5.74, 6) is 0. The zero-order valence-electron chi connectivity index (χ0n) is 10.9. The molecular formula is C15H17N3S. The highest BCUT2D eigenvalue weighted by atomic mass is 32.1. The van der Waals surface area contributed by atoms with E-state index in [0.29, 0.717) is 10.7 Å². The van der Waals surface area contributed by atoms with E-state index in [1.807, 2.05) is 18.2 Å². The molecule has 0 radical (unpaired) electrons. The fraction of sp³-hybridized carbons (Fsp3) is 0.200. The van der Waals surface area contributed by atoms with Crippen LogP contribution in [0.5, 0.6) is 0 Å². The minimum atomic E-state index is 0.332. The number of anilines is 1. The fourth-order valence-corrected chi connectivity index (χ4v) is 1.95. The lowest BCUT2D eigenvalue weighted by molar-refractivity contribution is 0.873. The fourth-order valence-electron chi connectivity index (χ4n) is 1.83. The maximum Gasteiger partial charge on any atom is 0.122 e. The Balaban J connectivity index is 1.96. The van der Waals surface area contributed by atoms with Crippen molar-refractivity contribution in [3.8, 4) is 0 Å². The predicted octanol–water partition coefficient (Wildman–Crippen LogP) is 2.39. The number of nitrogens with two attached hydrogens (primary N) is 1. The topological polar surface area (TPSA) is 42.1 Å². The zero-order chi connectivity index (χ0) is 13.7. The van der Waals surface area contributed by atoms with Crippen LogP contribution in [0, 0.1) is 0 Å². The zero-order valence-corrected chi connectivity index (χ0v) is 11.7. The first kappa shape index (κ1) is 13.5. The molecule has 19 heavy (non-hydrogen) atoms. The highest BCUT2D eigenvalue weighted by Crippen LogP contribution is 2.12. The molecule has 0 aliphatic rings. The van der Waals surface area contributed by atoms with Gasteiger partial charge in [-0.15, -0.1) is 0 Å². The Labute approximate surface area is 119 Å². The maximum atomic E-state index is 5.53. The van der Waals surface area contributed by atoms with Gasteiger partial charge in [0.1, 0.15) is 4.99 Å². The van der Waals surface area contributed by atoms with Crippen molar-refractivity contribution in [3.05, 3.63) is 59.9 Å². The number of benzene rings is 1. The third-order valence-corrected chi connectivity index (χ3v) is 3.23. The lowest BCUT2D eigenvalue weighted by Crippen LogP contribution is -2.21. The first-order valence-corrected chi connectivity index (χ1v) is 6.58. The van der Waals surface area contributed by atoms with Crippen molar-refractivity contribution >= 4 is 22.9 Å². The summed E-state index contributed by atoms with van der Waals surface area (Å²) in [4.78, 5) is 6.75. The Morgan fingerprint density at radius 1 is 1.21 bits per heavy atom. The second-order valence-corrected chi connectivity index (χ2v) is 4.86. The van der Waals surface area contributed by atoms with Crippen molar-refractivity contribution in [2.75, 3.05) is 18.5 Å². The van der Waals surface area contributed by atoms with E-state index < -0.39 is 0 Å². The molecule has 1 aromatic heterocycles. The van der Waals surface area contributed by atoms with Gasteiger partial charge in [-0.1, -0.05) is 42.5 Å². The van der Waals surface area contributed by atoms with Crippen LogP contribution in [0.4, 0.5) is 5.69 Å². The lowest BCUT2D eigenvalue weighted by atomic mass is 10.1. The van der Waals surface area contributed by atoms with Gasteiger partial charge in [-0.2, -0.15) is 0 Å². The Kier molecular flexibility index (Phi) is 4.47. The molecule has 2 rings (SSSR count). The molecule has 4 heteroatoms. The van der Waals surface area contributed by atoms with Crippen molar-refractivity contribution in [3.63, 3.8) is 0 Å². The number of hydrogen-bond acceptors (Lipinski definition) is 3. The van der Waals surface area contributed by atoms with E-state index in [1.165, 1.54) is 5.56 Å². The predicted molar refractivity (Wildman–Crippen MR) is 83.5 cm³/mol. The quantitative estimate of drug-likeness (QED) is 0.848. The standard InChI is InChI=1S/C15H17N3S/c1-18(10-9-12-5-3-2-4-6-12)13-7-8-14(15(16)19)17-11-13/h2-8,11H,9-10H2,1H3,(H2,16,19). The van der Waals surface area contributed by atoms with Crippen LogP contribution < -0.4 is 10.6 Å². The summed E-state index contributed by atoms with van der Waals surface area (Å²) < 4.78 is 0. The summed E-state index contributed by atoms with van der Waals surface area (Å²) in [6.45, 7) is 0.943. The minimum Gasteiger partial charge on any atom is -0.388 e. The first-order chi connectivity index (χ1) is 9.16. The van der Waals surface area contributed by atoms with Crippen LogP contribution in [0.15, 0.2) is 48.7 Å². The number of rotatable bonds is 5. The Morgan fingerprint density at radius 3 is 2.53 bits per heavy atom. The van der Waals surface area contributed by atoms with Crippen LogP contribution in [-0.4, -0.2) is 23.6 Å². The Bertz CT molecular complexity index is 537. The monoisotopic (exact) mass is 271 g/mol. The summed E-state index contributed by atoms with van der Waals surface area (Å²) >= 11 is 4.89. The molecule has 0 aliphatic carbocycles. The third-order valence-electron chi connectivity index (χ3n) is 3.02. The van der Waals surface area contributed by atoms with Gasteiger partial charge in [0.05, 0.1) is 17.6 Å². The molecule has 0 saturated carbocycles. The first-order valence-electron chi connectivity index (χ1n) is 6.18. The van der Waals surface area contributed by atoms with Gasteiger partial charge in [0, 0.05) is 13.6 Å². The Hall–Kier alpha value is -1.94. The summed E-state index contributed by atoms with van der Waals surface area (Å²) in [5, 5.41) is 0. The van der Waals surface area contributed by atoms with Crippen molar-refractivity contribution in [1.82, 2.24) is 4.98 Å². The average Bonchev–Trinajstić information content (AvgIpc) is 2.46. The van der Waals surface area contributed by atoms with Crippen molar-refractivity contribution < 1.29 is 0 Å². The van der Waals surface area contributed by atoms with Crippen LogP contribution >= 0.6 is 12.2 Å². The van der Waals surface area contributed by atoms with Crippen LogP contribution in [0.2, 0.25) is 0 Å². The summed E-state index contributed by atoms with van der Waals surface area (Å²) in [7, 11) is 2.06. The summed E-state index contributed by atoms with van der Waals surface area (Å²) in [6.07, 6.45) is 2.81. The molecule has 2 aromatic rings. The highest BCUT2D eigenvalue weighted by molar-refractivity contribution is 7.80. The van der Waals surface area contributed by atoms with E-state index in [9.17, 15) is 0 Å². The molecule has 0 amide bonds. The van der Waals surface area contributed by atoms with Gasteiger partial charge in [-0.3, -0.25) is 4.98 Å². The molecule has 1 heterocycles. The molecule has 0 spiro atoms. The van der Waals surface area contributed by atoms with E-state index in [0.717, 1.165) is 18.7 Å². The average molecular weight is 271 g/mol. The van der Waals surface area contributed by atoms with E-state index in [4.69, 9.17) is 18.0 Å². The van der Waals surface area contributed by atoms with Crippen LogP contribution in [0.3, 0.4) is 0 Å². The van der Waals surface area contributed by atoms with Crippen LogP contribution in [0.25, 0.3) is 0 Å². The lowest BCUT2D eigenvalue weighted by Gasteiger charge is -2.19. The molecule has 2 N–H and O–H groups in total. The van der Waals surface area contributed by atoms with E-state index in [1.54, 1.807) is 6.20 Å². The molecule has 1 aromatic carbocycles. The Morgan fingerprint density at radius 2 is 1.95 bits per heavy atom. The second kappa shape index (κ2) is 6.29. The van der Waals surface area contributed by atoms with Crippen LogP contribution in [-0.2, 0) is 6.42 Å². The van der Waals surface area contributed by atoms with E-state index in [2.05, 4.69) is 41.2 Å². The minimum absolute atomic E-state index is 0.332. The number of likely N-dealkylation sites (N-methyl/N-ethyl adjacent to an activating group) is 1. The van der Waals surface area contributed by atoms with Crippen molar-refractivity contribution in [2.45, 2.75) is 6.42 Å². The largest absolute Gasteiger partial charge is 0.388 e. The summed E-state index contributed by atoms with van der Waals surface area (Å²) in [6, 6.07) is 14.3. The van der Waals surface area contributed by atoms with Crippen molar-refractivity contribution in [1.29, 1.82) is 0 Å². The number of thiocarbonyl (C=S) groups is 1. The molecule has 0 atom stereocenters. The van der Waals surface area contributed by atoms with Gasteiger partial charge >= 0.3 is 0 Å². The van der Waals surface area contributed by atoms with Crippen molar-refractivity contribution in [2.24, 2.45) is 5.73 Å². The normalized spacial score (nSPS) is 10.2. The number of pyridine rings is 1. The molecule has 98 valence electrons. The maximum absolute atomic E-state index is 5.53. The third kappa shape index (κ3) is 3.76. The van der Waals surface area contributed by atoms with Gasteiger partial charge < -0.3 is 10.6 Å². The SMILES string of the molecule is CN(CCc1ccccc1)c1ccc(C(N)=S)nc1. The van der Waals surface area contributed by atoms with E-state index >= 15 is 0 Å². The highest BCUT2D eigenvalue weighted by Gasteiger charge is 2.03. The number of aromatic nitrogens is 1. The molecule has 0 saturated heterocycles. The van der Waals surface area contributed by atoms with Gasteiger partial charge in [0.25, 0.3) is 0 Å². The molecule has 0 bridgehead atoms. The molecule has 0 unspecified atom stereocenters. The molecule has 3 nitrogen and oxygen atoms in total. The van der Waals surface area contributed by atoms with Gasteiger partial charge in [-0.25, -0.2) is 0 Å². The molecule has 0 aliphatic heterocycles.